The summed E-state index contributed by atoms with van der Waals surface area (Å²) in [5, 5.41) is 15.8. The van der Waals surface area contributed by atoms with Gasteiger partial charge in [0.1, 0.15) is 5.25 Å². The quantitative estimate of drug-likeness (QED) is 0.206. The number of amides is 1. The van der Waals surface area contributed by atoms with Gasteiger partial charge in [0.2, 0.25) is 0 Å². The summed E-state index contributed by atoms with van der Waals surface area (Å²) in [5.41, 5.74) is 0.721. The summed E-state index contributed by atoms with van der Waals surface area (Å²) in [6, 6.07) is 15.5. The zero-order chi connectivity index (χ0) is 20.4. The summed E-state index contributed by atoms with van der Waals surface area (Å²) in [7, 11) is 0. The van der Waals surface area contributed by atoms with Crippen molar-refractivity contribution >= 4 is 35.0 Å². The van der Waals surface area contributed by atoms with Crippen LogP contribution in [-0.2, 0) is 14.3 Å². The van der Waals surface area contributed by atoms with Gasteiger partial charge in [-0.2, -0.15) is 0 Å². The van der Waals surface area contributed by atoms with Crippen LogP contribution in [0.15, 0.2) is 59.5 Å². The Morgan fingerprint density at radius 2 is 1.79 bits per heavy atom. The number of carbonyl (C=O) groups is 2. The second-order valence-corrected chi connectivity index (χ2v) is 7.18. The number of nitrogens with zero attached hydrogens (tertiary/aromatic N) is 1. The lowest BCUT2D eigenvalue weighted by Gasteiger charge is -2.12. The van der Waals surface area contributed by atoms with Gasteiger partial charge in [0.25, 0.3) is 11.6 Å². The maximum atomic E-state index is 12.0. The SMILES string of the molecule is C[C@@H](Sc1ccccc1)C(=O)OCC(=O)NCCNc1ccc([N+](=O)[O-])cc1. The number of non-ortho nitro benzene ring substituents is 1. The summed E-state index contributed by atoms with van der Waals surface area (Å²) in [6.45, 7) is 2.14. The second-order valence-electron chi connectivity index (χ2n) is 5.76. The minimum Gasteiger partial charge on any atom is -0.455 e. The van der Waals surface area contributed by atoms with Crippen LogP contribution in [0.25, 0.3) is 0 Å². The molecule has 28 heavy (non-hydrogen) atoms. The van der Waals surface area contributed by atoms with Gasteiger partial charge in [-0.25, -0.2) is 0 Å². The molecule has 1 atom stereocenters. The van der Waals surface area contributed by atoms with Crippen molar-refractivity contribution in [3.8, 4) is 0 Å². The van der Waals surface area contributed by atoms with E-state index < -0.39 is 22.0 Å². The van der Waals surface area contributed by atoms with E-state index in [0.29, 0.717) is 18.8 Å². The number of ether oxygens (including phenoxy) is 1. The van der Waals surface area contributed by atoms with E-state index in [1.165, 1.54) is 23.9 Å². The minimum atomic E-state index is -0.468. The molecule has 1 amide bonds. The fourth-order valence-electron chi connectivity index (χ4n) is 2.17. The molecule has 0 radical (unpaired) electrons. The van der Waals surface area contributed by atoms with Gasteiger partial charge in [0, 0.05) is 35.8 Å². The van der Waals surface area contributed by atoms with E-state index in [4.69, 9.17) is 4.74 Å². The molecule has 0 aliphatic rings. The summed E-state index contributed by atoms with van der Waals surface area (Å²) in [6.07, 6.45) is 0. The molecule has 0 unspecified atom stereocenters. The van der Waals surface area contributed by atoms with E-state index in [1.807, 2.05) is 30.3 Å². The number of carbonyl (C=O) groups excluding carboxylic acids is 2. The highest BCUT2D eigenvalue weighted by Crippen LogP contribution is 2.23. The average Bonchev–Trinajstić information content (AvgIpc) is 2.70. The molecule has 148 valence electrons. The molecule has 0 saturated heterocycles. The third kappa shape index (κ3) is 7.28. The van der Waals surface area contributed by atoms with Crippen molar-refractivity contribution in [3.63, 3.8) is 0 Å². The van der Waals surface area contributed by atoms with Crippen LogP contribution in [0.4, 0.5) is 11.4 Å². The predicted octanol–water partition coefficient (Wildman–Crippen LogP) is 2.85. The van der Waals surface area contributed by atoms with Crippen molar-refractivity contribution in [2.75, 3.05) is 25.0 Å². The van der Waals surface area contributed by atoms with Gasteiger partial charge in [-0.3, -0.25) is 19.7 Å². The lowest BCUT2D eigenvalue weighted by Crippen LogP contribution is -2.33. The zero-order valence-corrected chi connectivity index (χ0v) is 16.1. The molecular formula is C19H21N3O5S. The zero-order valence-electron chi connectivity index (χ0n) is 15.3. The van der Waals surface area contributed by atoms with Crippen molar-refractivity contribution in [3.05, 3.63) is 64.7 Å². The first kappa shape index (κ1) is 21.2. The first-order chi connectivity index (χ1) is 13.5. The van der Waals surface area contributed by atoms with E-state index >= 15 is 0 Å². The molecule has 2 rings (SSSR count). The van der Waals surface area contributed by atoms with Gasteiger partial charge in [-0.1, -0.05) is 18.2 Å². The van der Waals surface area contributed by atoms with Crippen LogP contribution in [0, 0.1) is 10.1 Å². The topological polar surface area (TPSA) is 111 Å². The van der Waals surface area contributed by atoms with Gasteiger partial charge in [-0.15, -0.1) is 11.8 Å². The molecular weight excluding hydrogens is 382 g/mol. The maximum Gasteiger partial charge on any atom is 0.319 e. The molecule has 0 spiro atoms. The van der Waals surface area contributed by atoms with E-state index in [0.717, 1.165) is 4.90 Å². The monoisotopic (exact) mass is 403 g/mol. The van der Waals surface area contributed by atoms with Crippen molar-refractivity contribution in [2.24, 2.45) is 0 Å². The Labute approximate surface area is 166 Å². The molecule has 0 aliphatic heterocycles. The van der Waals surface area contributed by atoms with E-state index in [1.54, 1.807) is 19.1 Å². The largest absolute Gasteiger partial charge is 0.455 e. The number of hydrogen-bond acceptors (Lipinski definition) is 7. The Bertz CT molecular complexity index is 799. The first-order valence-electron chi connectivity index (χ1n) is 8.59. The lowest BCUT2D eigenvalue weighted by atomic mass is 10.3. The van der Waals surface area contributed by atoms with Gasteiger partial charge in [0.15, 0.2) is 6.61 Å². The smallest absolute Gasteiger partial charge is 0.319 e. The molecule has 0 bridgehead atoms. The number of nitro benzene ring substituents is 1. The molecule has 8 nitrogen and oxygen atoms in total. The third-order valence-corrected chi connectivity index (χ3v) is 4.68. The summed E-state index contributed by atoms with van der Waals surface area (Å²) < 4.78 is 5.03. The van der Waals surface area contributed by atoms with Gasteiger partial charge >= 0.3 is 5.97 Å². The van der Waals surface area contributed by atoms with E-state index in [2.05, 4.69) is 10.6 Å². The average molecular weight is 403 g/mol. The molecule has 2 aromatic rings. The normalized spacial score (nSPS) is 11.3. The van der Waals surface area contributed by atoms with Crippen molar-refractivity contribution in [1.82, 2.24) is 5.32 Å². The van der Waals surface area contributed by atoms with Gasteiger partial charge in [-0.05, 0) is 31.2 Å². The molecule has 0 aromatic heterocycles. The third-order valence-electron chi connectivity index (χ3n) is 3.59. The van der Waals surface area contributed by atoms with Crippen LogP contribution >= 0.6 is 11.8 Å². The summed E-state index contributed by atoms with van der Waals surface area (Å²) in [4.78, 5) is 34.8. The van der Waals surface area contributed by atoms with Gasteiger partial charge < -0.3 is 15.4 Å². The number of nitro groups is 1. The Morgan fingerprint density at radius 1 is 1.11 bits per heavy atom. The molecule has 0 heterocycles. The van der Waals surface area contributed by atoms with Crippen LogP contribution in [0.5, 0.6) is 0 Å². The Kier molecular flexibility index (Phi) is 8.29. The number of benzene rings is 2. The molecule has 0 saturated carbocycles. The van der Waals surface area contributed by atoms with Gasteiger partial charge in [0.05, 0.1) is 4.92 Å². The fraction of sp³-hybridized carbons (Fsp3) is 0.263. The molecule has 9 heteroatoms. The predicted molar refractivity (Wildman–Crippen MR) is 107 cm³/mol. The number of nitrogens with one attached hydrogen (secondary N) is 2. The van der Waals surface area contributed by atoms with Crippen LogP contribution in [-0.4, -0.2) is 41.7 Å². The molecule has 2 N–H and O–H groups in total. The molecule has 0 fully saturated rings. The summed E-state index contributed by atoms with van der Waals surface area (Å²) in [5.74, 6) is -0.844. The van der Waals surface area contributed by atoms with Crippen LogP contribution in [0.1, 0.15) is 6.92 Å². The Balaban J connectivity index is 1.61. The Hall–Kier alpha value is -3.07. The fourth-order valence-corrected chi connectivity index (χ4v) is 3.05. The van der Waals surface area contributed by atoms with Crippen LogP contribution in [0.2, 0.25) is 0 Å². The number of thioether (sulfide) groups is 1. The molecule has 0 aliphatic carbocycles. The summed E-state index contributed by atoms with van der Waals surface area (Å²) >= 11 is 1.37. The standard InChI is InChI=1S/C19H21N3O5S/c1-14(28-17-5-3-2-4-6-17)19(24)27-13-18(23)21-12-11-20-15-7-9-16(10-8-15)22(25)26/h2-10,14,20H,11-13H2,1H3,(H,21,23)/t14-/m1/s1. The minimum absolute atomic E-state index is 0.0142. The number of anilines is 1. The number of hydrogen-bond donors (Lipinski definition) is 2. The van der Waals surface area contributed by atoms with E-state index in [9.17, 15) is 19.7 Å². The van der Waals surface area contributed by atoms with Crippen LogP contribution in [0.3, 0.4) is 0 Å². The molecule has 2 aromatic carbocycles. The second kappa shape index (κ2) is 10.9. The van der Waals surface area contributed by atoms with Crippen molar-refractivity contribution < 1.29 is 19.2 Å². The van der Waals surface area contributed by atoms with E-state index in [-0.39, 0.29) is 12.3 Å². The Morgan fingerprint density at radius 3 is 2.43 bits per heavy atom. The highest BCUT2D eigenvalue weighted by molar-refractivity contribution is 8.00. The van der Waals surface area contributed by atoms with Crippen molar-refractivity contribution in [2.45, 2.75) is 17.1 Å². The highest BCUT2D eigenvalue weighted by Gasteiger charge is 2.17. The highest BCUT2D eigenvalue weighted by atomic mass is 32.2. The number of rotatable bonds is 10. The number of esters is 1. The van der Waals surface area contributed by atoms with Crippen LogP contribution < -0.4 is 10.6 Å². The first-order valence-corrected chi connectivity index (χ1v) is 9.47. The maximum absolute atomic E-state index is 12.0. The lowest BCUT2D eigenvalue weighted by molar-refractivity contribution is -0.384. The van der Waals surface area contributed by atoms with Crippen molar-refractivity contribution in [1.29, 1.82) is 0 Å².